The highest BCUT2D eigenvalue weighted by atomic mass is 19.2. The van der Waals surface area contributed by atoms with Gasteiger partial charge in [-0.2, -0.15) is 0 Å². The minimum atomic E-state index is -1.55. The van der Waals surface area contributed by atoms with Crippen molar-refractivity contribution in [2.45, 2.75) is 0 Å². The van der Waals surface area contributed by atoms with Crippen molar-refractivity contribution in [3.8, 4) is 0 Å². The Balaban J connectivity index is 1.70. The summed E-state index contributed by atoms with van der Waals surface area (Å²) < 4.78 is 39.8. The molecule has 8 heteroatoms. The van der Waals surface area contributed by atoms with E-state index in [4.69, 9.17) is 0 Å². The summed E-state index contributed by atoms with van der Waals surface area (Å²) in [5.74, 6) is -4.03. The minimum absolute atomic E-state index is 0.119. The summed E-state index contributed by atoms with van der Waals surface area (Å²) >= 11 is 0. The van der Waals surface area contributed by atoms with E-state index in [1.165, 1.54) is 12.3 Å². The molecule has 132 valence electrons. The molecular formula is C17H17F3N4O. The first-order valence-corrected chi connectivity index (χ1v) is 7.80. The van der Waals surface area contributed by atoms with Gasteiger partial charge >= 0.3 is 0 Å². The Hall–Kier alpha value is -2.61. The van der Waals surface area contributed by atoms with E-state index in [1.807, 2.05) is 7.05 Å². The third-order valence-corrected chi connectivity index (χ3v) is 4.10. The second-order valence-electron chi connectivity index (χ2n) is 5.88. The monoisotopic (exact) mass is 350 g/mol. The quantitative estimate of drug-likeness (QED) is 0.865. The van der Waals surface area contributed by atoms with Gasteiger partial charge in [-0.05, 0) is 31.3 Å². The highest BCUT2D eigenvalue weighted by Crippen LogP contribution is 2.22. The number of carbonyl (C=O) groups excluding carboxylic acids is 1. The number of amides is 1. The van der Waals surface area contributed by atoms with Gasteiger partial charge in [-0.25, -0.2) is 18.2 Å². The molecule has 2 aromatic rings. The van der Waals surface area contributed by atoms with Crippen molar-refractivity contribution in [2.75, 3.05) is 38.5 Å². The van der Waals surface area contributed by atoms with Crippen LogP contribution >= 0.6 is 0 Å². The Morgan fingerprint density at radius 3 is 2.40 bits per heavy atom. The number of anilines is 2. The van der Waals surface area contributed by atoms with E-state index in [0.717, 1.165) is 25.2 Å². The molecule has 1 aliphatic rings. The number of aromatic nitrogens is 1. The summed E-state index contributed by atoms with van der Waals surface area (Å²) in [6, 6.07) is 4.96. The van der Waals surface area contributed by atoms with Crippen LogP contribution in [0, 0.1) is 17.5 Å². The van der Waals surface area contributed by atoms with Crippen LogP contribution in [0.3, 0.4) is 0 Å². The average Bonchev–Trinajstić information content (AvgIpc) is 2.63. The van der Waals surface area contributed by atoms with Crippen LogP contribution in [0.1, 0.15) is 10.4 Å². The van der Waals surface area contributed by atoms with E-state index in [1.54, 1.807) is 11.0 Å². The molecular weight excluding hydrogens is 333 g/mol. The molecule has 0 spiro atoms. The van der Waals surface area contributed by atoms with Gasteiger partial charge in [-0.3, -0.25) is 4.79 Å². The number of benzene rings is 1. The minimum Gasteiger partial charge on any atom is -0.338 e. The second kappa shape index (κ2) is 7.10. The van der Waals surface area contributed by atoms with E-state index < -0.39 is 17.5 Å². The molecule has 1 fully saturated rings. The number of halogens is 3. The van der Waals surface area contributed by atoms with Crippen LogP contribution in [-0.2, 0) is 0 Å². The highest BCUT2D eigenvalue weighted by Gasteiger charge is 2.20. The predicted molar refractivity (Wildman–Crippen MR) is 87.2 cm³/mol. The number of nitrogens with zero attached hydrogens (tertiary/aromatic N) is 3. The topological polar surface area (TPSA) is 48.5 Å². The van der Waals surface area contributed by atoms with E-state index in [9.17, 15) is 18.0 Å². The molecule has 1 saturated heterocycles. The van der Waals surface area contributed by atoms with E-state index in [2.05, 4.69) is 15.2 Å². The first-order chi connectivity index (χ1) is 12.0. The molecule has 1 aliphatic heterocycles. The zero-order chi connectivity index (χ0) is 18.0. The Morgan fingerprint density at radius 2 is 1.76 bits per heavy atom. The van der Waals surface area contributed by atoms with Gasteiger partial charge in [0.05, 0.1) is 11.3 Å². The van der Waals surface area contributed by atoms with Crippen LogP contribution in [-0.4, -0.2) is 53.9 Å². The highest BCUT2D eigenvalue weighted by molar-refractivity contribution is 5.94. The number of piperazine rings is 1. The van der Waals surface area contributed by atoms with Gasteiger partial charge in [-0.15, -0.1) is 0 Å². The summed E-state index contributed by atoms with van der Waals surface area (Å²) in [7, 11) is 2.00. The van der Waals surface area contributed by atoms with Gasteiger partial charge < -0.3 is 15.1 Å². The van der Waals surface area contributed by atoms with Crippen molar-refractivity contribution in [1.82, 2.24) is 14.8 Å². The maximum atomic E-state index is 13.7. The van der Waals surface area contributed by atoms with Crippen molar-refractivity contribution < 1.29 is 18.0 Å². The Morgan fingerprint density at radius 1 is 1.04 bits per heavy atom. The van der Waals surface area contributed by atoms with Gasteiger partial charge in [-0.1, -0.05) is 0 Å². The number of hydrogen-bond donors (Lipinski definition) is 1. The molecule has 0 saturated carbocycles. The Kier molecular flexibility index (Phi) is 4.89. The van der Waals surface area contributed by atoms with Gasteiger partial charge in [0.2, 0.25) is 0 Å². The molecule has 0 radical (unpaired) electrons. The van der Waals surface area contributed by atoms with Crippen LogP contribution in [0.2, 0.25) is 0 Å². The number of carbonyl (C=O) groups is 1. The van der Waals surface area contributed by atoms with Crippen LogP contribution < -0.4 is 5.32 Å². The molecule has 5 nitrogen and oxygen atoms in total. The number of pyridine rings is 1. The normalized spacial score (nSPS) is 15.3. The molecule has 0 atom stereocenters. The smallest absolute Gasteiger partial charge is 0.255 e. The van der Waals surface area contributed by atoms with E-state index >= 15 is 0 Å². The fourth-order valence-electron chi connectivity index (χ4n) is 2.55. The molecule has 0 aliphatic carbocycles. The van der Waals surface area contributed by atoms with Crippen molar-refractivity contribution in [1.29, 1.82) is 0 Å². The number of nitrogens with one attached hydrogen (secondary N) is 1. The molecule has 3 rings (SSSR count). The lowest BCUT2D eigenvalue weighted by atomic mass is 10.2. The summed E-state index contributed by atoms with van der Waals surface area (Å²) in [6.07, 6.45) is 1.38. The molecule has 25 heavy (non-hydrogen) atoms. The number of likely N-dealkylation sites (N-methyl/N-ethyl adjacent to an activating group) is 1. The largest absolute Gasteiger partial charge is 0.338 e. The Bertz CT molecular complexity index is 774. The summed E-state index contributed by atoms with van der Waals surface area (Å²) in [5, 5.41) is 2.57. The lowest BCUT2D eigenvalue weighted by Gasteiger charge is -2.32. The number of rotatable bonds is 3. The van der Waals surface area contributed by atoms with Crippen LogP contribution in [0.5, 0.6) is 0 Å². The molecule has 0 unspecified atom stereocenters. The molecule has 2 heterocycles. The van der Waals surface area contributed by atoms with Crippen LogP contribution in [0.25, 0.3) is 0 Å². The predicted octanol–water partition coefficient (Wildman–Crippen LogP) is 2.63. The van der Waals surface area contributed by atoms with Crippen molar-refractivity contribution in [3.63, 3.8) is 0 Å². The average molecular weight is 350 g/mol. The summed E-state index contributed by atoms with van der Waals surface area (Å²) in [4.78, 5) is 20.3. The van der Waals surface area contributed by atoms with Crippen LogP contribution in [0.4, 0.5) is 24.7 Å². The second-order valence-corrected chi connectivity index (χ2v) is 5.88. The van der Waals surface area contributed by atoms with E-state index in [0.29, 0.717) is 18.7 Å². The standard InChI is InChI=1S/C17H17F3N4O/c1-23-6-8-24(9-7-23)17(25)11-2-5-14(21-10-11)22-13-4-3-12(18)15(19)16(13)20/h2-5,10H,6-9H2,1H3,(H,21,22). The first kappa shape index (κ1) is 17.2. The van der Waals surface area contributed by atoms with Gasteiger partial charge in [0.1, 0.15) is 5.82 Å². The van der Waals surface area contributed by atoms with Gasteiger partial charge in [0, 0.05) is 32.4 Å². The first-order valence-electron chi connectivity index (χ1n) is 7.80. The fourth-order valence-corrected chi connectivity index (χ4v) is 2.55. The van der Waals surface area contributed by atoms with Crippen LogP contribution in [0.15, 0.2) is 30.5 Å². The lowest BCUT2D eigenvalue weighted by Crippen LogP contribution is -2.47. The van der Waals surface area contributed by atoms with Crippen molar-refractivity contribution in [3.05, 3.63) is 53.5 Å². The zero-order valence-corrected chi connectivity index (χ0v) is 13.6. The molecule has 1 aromatic heterocycles. The SMILES string of the molecule is CN1CCN(C(=O)c2ccc(Nc3ccc(F)c(F)c3F)nc2)CC1. The summed E-state index contributed by atoms with van der Waals surface area (Å²) in [6.45, 7) is 2.92. The Labute approximate surface area is 143 Å². The molecule has 1 aromatic carbocycles. The van der Waals surface area contributed by atoms with E-state index in [-0.39, 0.29) is 17.4 Å². The molecule has 0 bridgehead atoms. The lowest BCUT2D eigenvalue weighted by molar-refractivity contribution is 0.0663. The maximum absolute atomic E-state index is 13.7. The zero-order valence-electron chi connectivity index (χ0n) is 13.6. The van der Waals surface area contributed by atoms with Crippen molar-refractivity contribution in [2.24, 2.45) is 0 Å². The molecule has 1 amide bonds. The number of hydrogen-bond acceptors (Lipinski definition) is 4. The third kappa shape index (κ3) is 3.74. The van der Waals surface area contributed by atoms with Crippen molar-refractivity contribution >= 4 is 17.4 Å². The summed E-state index contributed by atoms with van der Waals surface area (Å²) in [5.41, 5.74) is 0.186. The third-order valence-electron chi connectivity index (χ3n) is 4.10. The van der Waals surface area contributed by atoms with Gasteiger partial charge in [0.25, 0.3) is 5.91 Å². The maximum Gasteiger partial charge on any atom is 0.255 e. The fraction of sp³-hybridized carbons (Fsp3) is 0.294. The molecule has 1 N–H and O–H groups in total. The van der Waals surface area contributed by atoms with Gasteiger partial charge in [0.15, 0.2) is 17.5 Å².